The molecule has 2 saturated carbocycles. The number of nitrogens with zero attached hydrogens (tertiary/aromatic N) is 4. The molecule has 3 N–H and O–H groups in total. The van der Waals surface area contributed by atoms with E-state index in [-0.39, 0.29) is 29.7 Å². The van der Waals surface area contributed by atoms with Gasteiger partial charge in [-0.1, -0.05) is 6.92 Å². The quantitative estimate of drug-likeness (QED) is 0.443. The van der Waals surface area contributed by atoms with Crippen molar-refractivity contribution in [2.75, 3.05) is 41.7 Å². The normalized spacial score (nSPS) is 25.2. The second-order valence-electron chi connectivity index (χ2n) is 11.9. The van der Waals surface area contributed by atoms with E-state index in [0.717, 1.165) is 48.7 Å². The van der Waals surface area contributed by atoms with Crippen molar-refractivity contribution < 1.29 is 14.4 Å². The molecule has 10 nitrogen and oxygen atoms in total. The summed E-state index contributed by atoms with van der Waals surface area (Å²) in [6, 6.07) is 8.02. The van der Waals surface area contributed by atoms with E-state index >= 15 is 0 Å². The minimum atomic E-state index is -0.102. The van der Waals surface area contributed by atoms with E-state index in [0.29, 0.717) is 49.5 Å². The molecule has 10 heteroatoms. The van der Waals surface area contributed by atoms with E-state index in [2.05, 4.69) is 30.8 Å². The molecule has 4 aliphatic rings. The van der Waals surface area contributed by atoms with Crippen LogP contribution in [0.3, 0.4) is 0 Å². The van der Waals surface area contributed by atoms with Crippen molar-refractivity contribution >= 4 is 35.0 Å². The van der Waals surface area contributed by atoms with Crippen LogP contribution in [0.2, 0.25) is 0 Å². The molecule has 1 aromatic carbocycles. The predicted octanol–water partition coefficient (Wildman–Crippen LogP) is 3.20. The van der Waals surface area contributed by atoms with Gasteiger partial charge in [0.2, 0.25) is 11.8 Å². The molecular formula is C30H39N7O3. The summed E-state index contributed by atoms with van der Waals surface area (Å²) in [5.41, 5.74) is 2.19. The lowest BCUT2D eigenvalue weighted by Gasteiger charge is -2.35. The number of nitrogens with one attached hydrogen (secondary N) is 3. The average Bonchev–Trinajstić information content (AvgIpc) is 3.85. The zero-order chi connectivity index (χ0) is 27.8. The number of anilines is 3. The molecule has 0 radical (unpaired) electrons. The number of aromatic nitrogens is 2. The zero-order valence-electron chi connectivity index (χ0n) is 23.4. The summed E-state index contributed by atoms with van der Waals surface area (Å²) in [5, 5.41) is 9.52. The number of benzene rings is 1. The van der Waals surface area contributed by atoms with E-state index in [4.69, 9.17) is 0 Å². The summed E-state index contributed by atoms with van der Waals surface area (Å²) in [6.07, 6.45) is 7.11. The number of amides is 3. The van der Waals surface area contributed by atoms with Gasteiger partial charge in [0.15, 0.2) is 0 Å². The Kier molecular flexibility index (Phi) is 7.33. The molecule has 40 heavy (non-hydrogen) atoms. The molecule has 1 aromatic heterocycles. The smallest absolute Gasteiger partial charge is 0.251 e. The van der Waals surface area contributed by atoms with Crippen molar-refractivity contribution in [3.05, 3.63) is 41.7 Å². The van der Waals surface area contributed by atoms with E-state index in [1.165, 1.54) is 12.8 Å². The van der Waals surface area contributed by atoms with Gasteiger partial charge in [0, 0.05) is 73.8 Å². The highest BCUT2D eigenvalue weighted by Crippen LogP contribution is 2.46. The Hall–Kier alpha value is -3.69. The Morgan fingerprint density at radius 1 is 1.02 bits per heavy atom. The lowest BCUT2D eigenvalue weighted by Crippen LogP contribution is -2.46. The average molecular weight is 546 g/mol. The molecule has 3 atom stereocenters. The third kappa shape index (κ3) is 5.76. The van der Waals surface area contributed by atoms with Gasteiger partial charge >= 0.3 is 0 Å². The van der Waals surface area contributed by atoms with Gasteiger partial charge in [-0.2, -0.15) is 0 Å². The zero-order valence-corrected chi connectivity index (χ0v) is 23.4. The SMILES string of the molecule is CCCC(=O)Nc1ccc(C(=O)NC2[C@@H]3CN(C(=O)C4CCCN(c5cc(NC6CC6)ncn5)C4)C[C@@H]23)cc1C. The van der Waals surface area contributed by atoms with Crippen LogP contribution >= 0.6 is 0 Å². The van der Waals surface area contributed by atoms with Gasteiger partial charge in [0.1, 0.15) is 18.0 Å². The fourth-order valence-corrected chi connectivity index (χ4v) is 6.22. The van der Waals surface area contributed by atoms with Crippen LogP contribution in [-0.2, 0) is 9.59 Å². The van der Waals surface area contributed by atoms with Gasteiger partial charge in [-0.05, 0) is 62.8 Å². The highest BCUT2D eigenvalue weighted by Gasteiger charge is 2.57. The fraction of sp³-hybridized carbons (Fsp3) is 0.567. The number of piperidine rings is 2. The Morgan fingerprint density at radius 2 is 1.82 bits per heavy atom. The number of fused-ring (bicyclic) bond motifs is 1. The topological polar surface area (TPSA) is 120 Å². The second kappa shape index (κ2) is 11.1. The maximum Gasteiger partial charge on any atom is 0.251 e. The molecule has 212 valence electrons. The lowest BCUT2D eigenvalue weighted by atomic mass is 9.96. The first-order valence-corrected chi connectivity index (χ1v) is 14.7. The third-order valence-electron chi connectivity index (χ3n) is 8.72. The number of likely N-dealkylation sites (tertiary alicyclic amines) is 1. The number of aryl methyl sites for hydroxylation is 1. The van der Waals surface area contributed by atoms with Gasteiger partial charge in [-0.25, -0.2) is 9.97 Å². The lowest BCUT2D eigenvalue weighted by molar-refractivity contribution is -0.135. The fourth-order valence-electron chi connectivity index (χ4n) is 6.22. The Bertz CT molecular complexity index is 1280. The van der Waals surface area contributed by atoms with Crippen molar-refractivity contribution in [2.24, 2.45) is 17.8 Å². The van der Waals surface area contributed by atoms with Crippen molar-refractivity contribution in [2.45, 2.75) is 64.5 Å². The van der Waals surface area contributed by atoms with Crippen molar-refractivity contribution in [1.29, 1.82) is 0 Å². The van der Waals surface area contributed by atoms with Crippen LogP contribution in [0.5, 0.6) is 0 Å². The summed E-state index contributed by atoms with van der Waals surface area (Å²) in [4.78, 5) is 51.3. The number of rotatable bonds is 9. The molecule has 3 heterocycles. The van der Waals surface area contributed by atoms with Gasteiger partial charge < -0.3 is 25.8 Å². The maximum atomic E-state index is 13.4. The minimum Gasteiger partial charge on any atom is -0.367 e. The Balaban J connectivity index is 0.990. The van der Waals surface area contributed by atoms with Crippen LogP contribution in [0.15, 0.2) is 30.6 Å². The molecule has 2 aliphatic heterocycles. The predicted molar refractivity (Wildman–Crippen MR) is 153 cm³/mol. The standard InChI is InChI=1S/C30H39N7O3/c1-3-5-27(38)34-24-10-7-19(12-18(24)2)29(39)35-28-22-15-37(16-23(22)28)30(40)20-6-4-11-36(14-20)26-13-25(31-17-32-26)33-21-8-9-21/h7,10,12-13,17,20-23,28H,3-6,8-9,11,14-16H2,1-2H3,(H,34,38)(H,35,39)(H,31,32,33)/t20?,22-,23-/m1/s1. The first-order valence-electron chi connectivity index (χ1n) is 14.7. The third-order valence-corrected chi connectivity index (χ3v) is 8.72. The highest BCUT2D eigenvalue weighted by molar-refractivity contribution is 5.97. The first-order chi connectivity index (χ1) is 19.4. The molecule has 1 unspecified atom stereocenters. The van der Waals surface area contributed by atoms with Crippen LogP contribution in [0.25, 0.3) is 0 Å². The molecule has 2 aromatic rings. The van der Waals surface area contributed by atoms with Gasteiger partial charge in [0.25, 0.3) is 5.91 Å². The first kappa shape index (κ1) is 26.5. The largest absolute Gasteiger partial charge is 0.367 e. The molecular weight excluding hydrogens is 506 g/mol. The van der Waals surface area contributed by atoms with Crippen LogP contribution in [-0.4, -0.2) is 70.9 Å². The molecule has 0 spiro atoms. The van der Waals surface area contributed by atoms with E-state index < -0.39 is 0 Å². The van der Waals surface area contributed by atoms with Crippen LogP contribution in [0.4, 0.5) is 17.3 Å². The summed E-state index contributed by atoms with van der Waals surface area (Å²) in [5.74, 6) is 2.46. The Morgan fingerprint density at radius 3 is 2.55 bits per heavy atom. The Labute approximate surface area is 235 Å². The van der Waals surface area contributed by atoms with Crippen molar-refractivity contribution in [1.82, 2.24) is 20.2 Å². The van der Waals surface area contributed by atoms with E-state index in [1.54, 1.807) is 18.5 Å². The summed E-state index contributed by atoms with van der Waals surface area (Å²) < 4.78 is 0. The van der Waals surface area contributed by atoms with Crippen LogP contribution < -0.4 is 20.9 Å². The maximum absolute atomic E-state index is 13.4. The number of carbonyl (C=O) groups excluding carboxylic acids is 3. The molecule has 2 saturated heterocycles. The number of carbonyl (C=O) groups is 3. The van der Waals surface area contributed by atoms with E-state index in [1.807, 2.05) is 30.9 Å². The van der Waals surface area contributed by atoms with Gasteiger partial charge in [-0.15, -0.1) is 0 Å². The summed E-state index contributed by atoms with van der Waals surface area (Å²) >= 11 is 0. The molecule has 4 fully saturated rings. The number of hydrogen-bond donors (Lipinski definition) is 3. The monoisotopic (exact) mass is 545 g/mol. The van der Waals surface area contributed by atoms with Gasteiger partial charge in [0.05, 0.1) is 5.92 Å². The van der Waals surface area contributed by atoms with Gasteiger partial charge in [-0.3, -0.25) is 14.4 Å². The minimum absolute atomic E-state index is 0.0158. The van der Waals surface area contributed by atoms with E-state index in [9.17, 15) is 14.4 Å². The summed E-state index contributed by atoms with van der Waals surface area (Å²) in [7, 11) is 0. The highest BCUT2D eigenvalue weighted by atomic mass is 16.2. The molecule has 3 amide bonds. The molecule has 6 rings (SSSR count). The molecule has 2 aliphatic carbocycles. The van der Waals surface area contributed by atoms with Crippen molar-refractivity contribution in [3.8, 4) is 0 Å². The van der Waals surface area contributed by atoms with Crippen LogP contribution in [0, 0.1) is 24.7 Å². The second-order valence-corrected chi connectivity index (χ2v) is 11.9. The van der Waals surface area contributed by atoms with Crippen LogP contribution in [0.1, 0.15) is 61.4 Å². The van der Waals surface area contributed by atoms with Crippen molar-refractivity contribution in [3.63, 3.8) is 0 Å². The number of hydrogen-bond acceptors (Lipinski definition) is 7. The summed E-state index contributed by atoms with van der Waals surface area (Å²) in [6.45, 7) is 6.85. The molecule has 0 bridgehead atoms.